The lowest BCUT2D eigenvalue weighted by molar-refractivity contribution is 0.0985. The molecule has 3 rings (SSSR count). The Kier molecular flexibility index (Phi) is 6.22. The van der Waals surface area contributed by atoms with Crippen molar-refractivity contribution in [3.63, 3.8) is 0 Å². The quantitative estimate of drug-likeness (QED) is 0.649. The van der Waals surface area contributed by atoms with Crippen LogP contribution in [0.1, 0.15) is 40.1 Å². The van der Waals surface area contributed by atoms with E-state index in [1.54, 1.807) is 29.2 Å². The van der Waals surface area contributed by atoms with Crippen molar-refractivity contribution in [2.75, 3.05) is 16.8 Å². The fraction of sp³-hybridized carbons (Fsp3) is 0.167. The molecule has 142 valence electrons. The molecule has 0 bridgehead atoms. The standard InChI is InChI=1S/C24H24N2O2/c1-3-18-10-8-9-13-22(18)25-23(27)19-14-16-20(17-15-19)24(28)26(4-2)21-11-6-5-7-12-21/h5-17H,3-4H2,1-2H3,(H,25,27). The van der Waals surface area contributed by atoms with Gasteiger partial charge in [-0.05, 0) is 61.4 Å². The minimum atomic E-state index is -0.185. The molecule has 0 saturated heterocycles. The maximum Gasteiger partial charge on any atom is 0.258 e. The van der Waals surface area contributed by atoms with E-state index in [1.165, 1.54) is 0 Å². The first-order valence-electron chi connectivity index (χ1n) is 9.50. The van der Waals surface area contributed by atoms with Crippen LogP contribution >= 0.6 is 0 Å². The molecule has 0 aromatic heterocycles. The molecular weight excluding hydrogens is 348 g/mol. The highest BCUT2D eigenvalue weighted by Crippen LogP contribution is 2.19. The van der Waals surface area contributed by atoms with Gasteiger partial charge in [-0.25, -0.2) is 0 Å². The zero-order chi connectivity index (χ0) is 19.9. The number of rotatable bonds is 6. The molecular formula is C24H24N2O2. The van der Waals surface area contributed by atoms with Crippen LogP contribution in [0, 0.1) is 0 Å². The summed E-state index contributed by atoms with van der Waals surface area (Å²) in [7, 11) is 0. The molecule has 0 atom stereocenters. The first kappa shape index (κ1) is 19.4. The Balaban J connectivity index is 1.75. The average molecular weight is 372 g/mol. The fourth-order valence-corrected chi connectivity index (χ4v) is 3.12. The van der Waals surface area contributed by atoms with Crippen LogP contribution < -0.4 is 10.2 Å². The predicted octanol–water partition coefficient (Wildman–Crippen LogP) is 5.17. The molecule has 1 N–H and O–H groups in total. The lowest BCUT2D eigenvalue weighted by Crippen LogP contribution is -2.30. The minimum absolute atomic E-state index is 0.0861. The molecule has 0 aliphatic rings. The molecule has 2 amide bonds. The normalized spacial score (nSPS) is 10.4. The summed E-state index contributed by atoms with van der Waals surface area (Å²) in [5, 5.41) is 2.95. The van der Waals surface area contributed by atoms with Crippen LogP contribution in [-0.2, 0) is 6.42 Å². The summed E-state index contributed by atoms with van der Waals surface area (Å²) < 4.78 is 0. The van der Waals surface area contributed by atoms with Gasteiger partial charge < -0.3 is 10.2 Å². The van der Waals surface area contributed by atoms with Crippen molar-refractivity contribution < 1.29 is 9.59 Å². The molecule has 0 spiro atoms. The maximum absolute atomic E-state index is 12.9. The minimum Gasteiger partial charge on any atom is -0.322 e. The zero-order valence-electron chi connectivity index (χ0n) is 16.2. The predicted molar refractivity (Wildman–Crippen MR) is 114 cm³/mol. The van der Waals surface area contributed by atoms with Gasteiger partial charge in [0.1, 0.15) is 0 Å². The van der Waals surface area contributed by atoms with Crippen molar-refractivity contribution >= 4 is 23.2 Å². The van der Waals surface area contributed by atoms with Crippen molar-refractivity contribution in [3.05, 3.63) is 95.6 Å². The third-order valence-electron chi connectivity index (χ3n) is 4.67. The van der Waals surface area contributed by atoms with Gasteiger partial charge in [-0.2, -0.15) is 0 Å². The molecule has 0 aliphatic carbocycles. The Labute approximate surface area is 165 Å². The number of benzene rings is 3. The summed E-state index contributed by atoms with van der Waals surface area (Å²) in [5.41, 5.74) is 3.83. The van der Waals surface area contributed by atoms with Crippen molar-refractivity contribution in [3.8, 4) is 0 Å². The highest BCUT2D eigenvalue weighted by molar-refractivity contribution is 6.08. The summed E-state index contributed by atoms with van der Waals surface area (Å²) in [6, 6.07) is 24.1. The lowest BCUT2D eigenvalue weighted by Gasteiger charge is -2.21. The van der Waals surface area contributed by atoms with Gasteiger partial charge in [0.15, 0.2) is 0 Å². The molecule has 0 heterocycles. The van der Waals surface area contributed by atoms with Crippen LogP contribution in [0.2, 0.25) is 0 Å². The van der Waals surface area contributed by atoms with Crippen LogP contribution in [0.25, 0.3) is 0 Å². The number of hydrogen-bond acceptors (Lipinski definition) is 2. The Morgan fingerprint density at radius 1 is 0.786 bits per heavy atom. The van der Waals surface area contributed by atoms with Crippen molar-refractivity contribution in [1.29, 1.82) is 0 Å². The van der Waals surface area contributed by atoms with Gasteiger partial charge in [-0.1, -0.05) is 43.3 Å². The molecule has 0 aliphatic heterocycles. The number of amides is 2. The zero-order valence-corrected chi connectivity index (χ0v) is 16.2. The van der Waals surface area contributed by atoms with Crippen LogP contribution in [0.3, 0.4) is 0 Å². The van der Waals surface area contributed by atoms with Gasteiger partial charge in [-0.15, -0.1) is 0 Å². The maximum atomic E-state index is 12.9. The topological polar surface area (TPSA) is 49.4 Å². The number of hydrogen-bond donors (Lipinski definition) is 1. The molecule has 4 nitrogen and oxygen atoms in total. The Morgan fingerprint density at radius 2 is 1.39 bits per heavy atom. The number of anilines is 2. The monoisotopic (exact) mass is 372 g/mol. The van der Waals surface area contributed by atoms with Crippen LogP contribution in [0.15, 0.2) is 78.9 Å². The second-order valence-electron chi connectivity index (χ2n) is 6.43. The molecule has 0 radical (unpaired) electrons. The average Bonchev–Trinajstić information content (AvgIpc) is 2.75. The second kappa shape index (κ2) is 9.00. The SMILES string of the molecule is CCc1ccccc1NC(=O)c1ccc(C(=O)N(CC)c2ccccc2)cc1. The van der Waals surface area contributed by atoms with E-state index in [4.69, 9.17) is 0 Å². The molecule has 0 saturated carbocycles. The van der Waals surface area contributed by atoms with Crippen LogP contribution in [-0.4, -0.2) is 18.4 Å². The first-order chi connectivity index (χ1) is 13.6. The van der Waals surface area contributed by atoms with Gasteiger partial charge in [-0.3, -0.25) is 9.59 Å². The number of carbonyl (C=O) groups is 2. The molecule has 3 aromatic rings. The van der Waals surface area contributed by atoms with Gasteiger partial charge in [0.25, 0.3) is 11.8 Å². The van der Waals surface area contributed by atoms with E-state index in [0.29, 0.717) is 17.7 Å². The van der Waals surface area contributed by atoms with E-state index in [0.717, 1.165) is 23.4 Å². The summed E-state index contributed by atoms with van der Waals surface area (Å²) in [6.07, 6.45) is 0.843. The number of carbonyl (C=O) groups excluding carboxylic acids is 2. The Morgan fingerprint density at radius 3 is 2.04 bits per heavy atom. The Bertz CT molecular complexity index is 950. The number of nitrogens with one attached hydrogen (secondary N) is 1. The molecule has 3 aromatic carbocycles. The summed E-state index contributed by atoms with van der Waals surface area (Å²) >= 11 is 0. The smallest absolute Gasteiger partial charge is 0.258 e. The molecule has 4 heteroatoms. The number of aryl methyl sites for hydroxylation is 1. The summed E-state index contributed by atoms with van der Waals surface area (Å²) in [6.45, 7) is 4.56. The Hall–Kier alpha value is -3.40. The second-order valence-corrected chi connectivity index (χ2v) is 6.43. The van der Waals surface area contributed by atoms with Crippen molar-refractivity contribution in [2.24, 2.45) is 0 Å². The highest BCUT2D eigenvalue weighted by atomic mass is 16.2. The largest absolute Gasteiger partial charge is 0.322 e. The number of para-hydroxylation sites is 2. The van der Waals surface area contributed by atoms with Crippen LogP contribution in [0.5, 0.6) is 0 Å². The van der Waals surface area contributed by atoms with E-state index < -0.39 is 0 Å². The summed E-state index contributed by atoms with van der Waals surface area (Å²) in [5.74, 6) is -0.271. The van der Waals surface area contributed by atoms with Crippen molar-refractivity contribution in [1.82, 2.24) is 0 Å². The fourth-order valence-electron chi connectivity index (χ4n) is 3.12. The van der Waals surface area contributed by atoms with E-state index in [-0.39, 0.29) is 11.8 Å². The summed E-state index contributed by atoms with van der Waals surface area (Å²) in [4.78, 5) is 27.1. The van der Waals surface area contributed by atoms with Gasteiger partial charge in [0.05, 0.1) is 0 Å². The van der Waals surface area contributed by atoms with Gasteiger partial charge >= 0.3 is 0 Å². The van der Waals surface area contributed by atoms with E-state index in [1.807, 2.05) is 61.5 Å². The molecule has 0 fully saturated rings. The van der Waals surface area contributed by atoms with Gasteiger partial charge in [0.2, 0.25) is 0 Å². The van der Waals surface area contributed by atoms with Gasteiger partial charge in [0, 0.05) is 29.0 Å². The molecule has 0 unspecified atom stereocenters. The number of nitrogens with zero attached hydrogens (tertiary/aromatic N) is 1. The lowest BCUT2D eigenvalue weighted by atomic mass is 10.1. The van der Waals surface area contributed by atoms with Crippen LogP contribution in [0.4, 0.5) is 11.4 Å². The van der Waals surface area contributed by atoms with E-state index >= 15 is 0 Å². The van der Waals surface area contributed by atoms with E-state index in [9.17, 15) is 9.59 Å². The van der Waals surface area contributed by atoms with Crippen molar-refractivity contribution in [2.45, 2.75) is 20.3 Å². The van der Waals surface area contributed by atoms with E-state index in [2.05, 4.69) is 12.2 Å². The third kappa shape index (κ3) is 4.29. The highest BCUT2D eigenvalue weighted by Gasteiger charge is 2.16. The molecule has 28 heavy (non-hydrogen) atoms. The first-order valence-corrected chi connectivity index (χ1v) is 9.50. The third-order valence-corrected chi connectivity index (χ3v) is 4.67.